The van der Waals surface area contributed by atoms with E-state index >= 15 is 0 Å². The van der Waals surface area contributed by atoms with Crippen LogP contribution < -0.4 is 15.2 Å². The Morgan fingerprint density at radius 2 is 1.72 bits per heavy atom. The molecule has 2 aromatic carbocycles. The Bertz CT molecular complexity index is 570. The van der Waals surface area contributed by atoms with E-state index in [1.54, 1.807) is 26.4 Å². The molecule has 2 rings (SSSR count). The third-order valence-corrected chi connectivity index (χ3v) is 2.95. The van der Waals surface area contributed by atoms with Crippen LogP contribution in [0.25, 0.3) is 11.1 Å². The number of nitrogens with two attached hydrogens (primary N) is 1. The van der Waals surface area contributed by atoms with Crippen molar-refractivity contribution in [2.45, 2.75) is 0 Å². The minimum Gasteiger partial charge on any atom is -0.497 e. The standard InChI is InChI=1S/C14H14ClNO2/c1-17-10-4-5-11(14(8-10)18-2)12-7-9(15)3-6-13(12)16/h3-8H,16H2,1-2H3. The summed E-state index contributed by atoms with van der Waals surface area (Å²) >= 11 is 6.00. The van der Waals surface area contributed by atoms with Gasteiger partial charge in [0.25, 0.3) is 0 Å². The number of benzene rings is 2. The van der Waals surface area contributed by atoms with Crippen molar-refractivity contribution < 1.29 is 9.47 Å². The lowest BCUT2D eigenvalue weighted by atomic mass is 10.0. The second kappa shape index (κ2) is 5.19. The Labute approximate surface area is 111 Å². The lowest BCUT2D eigenvalue weighted by molar-refractivity contribution is 0.395. The highest BCUT2D eigenvalue weighted by atomic mass is 35.5. The van der Waals surface area contributed by atoms with Gasteiger partial charge in [-0.15, -0.1) is 0 Å². The van der Waals surface area contributed by atoms with Crippen LogP contribution in [0, 0.1) is 0 Å². The van der Waals surface area contributed by atoms with Gasteiger partial charge in [-0.1, -0.05) is 11.6 Å². The zero-order valence-electron chi connectivity index (χ0n) is 10.2. The fourth-order valence-electron chi connectivity index (χ4n) is 1.78. The van der Waals surface area contributed by atoms with Gasteiger partial charge in [0.05, 0.1) is 14.2 Å². The first-order valence-corrected chi connectivity index (χ1v) is 5.81. The Morgan fingerprint density at radius 1 is 0.944 bits per heavy atom. The predicted molar refractivity (Wildman–Crippen MR) is 74.4 cm³/mol. The second-order valence-corrected chi connectivity index (χ2v) is 4.23. The maximum atomic E-state index is 6.00. The number of rotatable bonds is 3. The van der Waals surface area contributed by atoms with Crippen molar-refractivity contribution in [3.63, 3.8) is 0 Å². The Balaban J connectivity index is 2.59. The molecule has 0 aliphatic heterocycles. The Hall–Kier alpha value is -1.87. The van der Waals surface area contributed by atoms with Gasteiger partial charge in [-0.05, 0) is 30.3 Å². The van der Waals surface area contributed by atoms with Crippen LogP contribution in [-0.4, -0.2) is 14.2 Å². The van der Waals surface area contributed by atoms with Gasteiger partial charge in [0.15, 0.2) is 0 Å². The van der Waals surface area contributed by atoms with E-state index in [2.05, 4.69) is 0 Å². The molecular weight excluding hydrogens is 250 g/mol. The molecule has 2 N–H and O–H groups in total. The second-order valence-electron chi connectivity index (χ2n) is 3.80. The topological polar surface area (TPSA) is 44.5 Å². The minimum absolute atomic E-state index is 0.636. The molecule has 0 saturated carbocycles. The molecule has 18 heavy (non-hydrogen) atoms. The van der Waals surface area contributed by atoms with E-state index in [0.717, 1.165) is 16.9 Å². The van der Waals surface area contributed by atoms with Gasteiger partial charge in [0, 0.05) is 27.9 Å². The van der Waals surface area contributed by atoms with Crippen LogP contribution in [0.4, 0.5) is 5.69 Å². The van der Waals surface area contributed by atoms with Crippen molar-refractivity contribution in [1.29, 1.82) is 0 Å². The molecule has 4 heteroatoms. The van der Waals surface area contributed by atoms with Crippen LogP contribution in [0.2, 0.25) is 5.02 Å². The molecule has 0 aliphatic rings. The van der Waals surface area contributed by atoms with Crippen LogP contribution >= 0.6 is 11.6 Å². The molecule has 0 saturated heterocycles. The number of hydrogen-bond acceptors (Lipinski definition) is 3. The van der Waals surface area contributed by atoms with Gasteiger partial charge in [-0.2, -0.15) is 0 Å². The van der Waals surface area contributed by atoms with Gasteiger partial charge < -0.3 is 15.2 Å². The highest BCUT2D eigenvalue weighted by molar-refractivity contribution is 6.31. The molecule has 0 bridgehead atoms. The van der Waals surface area contributed by atoms with Crippen LogP contribution in [-0.2, 0) is 0 Å². The summed E-state index contributed by atoms with van der Waals surface area (Å²) < 4.78 is 10.5. The molecule has 0 heterocycles. The summed E-state index contributed by atoms with van der Waals surface area (Å²) in [6.07, 6.45) is 0. The van der Waals surface area contributed by atoms with Crippen LogP contribution in [0.5, 0.6) is 11.5 Å². The van der Waals surface area contributed by atoms with Crippen LogP contribution in [0.15, 0.2) is 36.4 Å². The van der Waals surface area contributed by atoms with Crippen molar-refractivity contribution in [2.24, 2.45) is 0 Å². The summed E-state index contributed by atoms with van der Waals surface area (Å²) in [5.74, 6) is 1.43. The molecular formula is C14H14ClNO2. The van der Waals surface area contributed by atoms with E-state index in [1.165, 1.54) is 0 Å². The van der Waals surface area contributed by atoms with Crippen molar-refractivity contribution in [2.75, 3.05) is 20.0 Å². The van der Waals surface area contributed by atoms with E-state index in [9.17, 15) is 0 Å². The smallest absolute Gasteiger partial charge is 0.130 e. The molecule has 0 atom stereocenters. The number of nitrogen functional groups attached to an aromatic ring is 1. The number of methoxy groups -OCH3 is 2. The lowest BCUT2D eigenvalue weighted by Gasteiger charge is -2.12. The summed E-state index contributed by atoms with van der Waals surface area (Å²) in [5, 5.41) is 0.636. The molecule has 0 amide bonds. The molecule has 94 valence electrons. The maximum absolute atomic E-state index is 6.00. The van der Waals surface area contributed by atoms with E-state index < -0.39 is 0 Å². The number of anilines is 1. The normalized spacial score (nSPS) is 10.2. The molecule has 0 aromatic heterocycles. The van der Waals surface area contributed by atoms with E-state index in [-0.39, 0.29) is 0 Å². The molecule has 0 radical (unpaired) electrons. The van der Waals surface area contributed by atoms with Crippen molar-refractivity contribution >= 4 is 17.3 Å². The summed E-state index contributed by atoms with van der Waals surface area (Å²) in [5.41, 5.74) is 8.36. The summed E-state index contributed by atoms with van der Waals surface area (Å²) in [6, 6.07) is 10.9. The zero-order valence-corrected chi connectivity index (χ0v) is 11.0. The fourth-order valence-corrected chi connectivity index (χ4v) is 1.95. The molecule has 0 fully saturated rings. The number of ether oxygens (including phenoxy) is 2. The van der Waals surface area contributed by atoms with Gasteiger partial charge in [0.2, 0.25) is 0 Å². The summed E-state index contributed by atoms with van der Waals surface area (Å²) in [4.78, 5) is 0. The van der Waals surface area contributed by atoms with Crippen molar-refractivity contribution in [1.82, 2.24) is 0 Å². The Morgan fingerprint density at radius 3 is 2.39 bits per heavy atom. The highest BCUT2D eigenvalue weighted by Gasteiger charge is 2.10. The van der Waals surface area contributed by atoms with Crippen LogP contribution in [0.3, 0.4) is 0 Å². The maximum Gasteiger partial charge on any atom is 0.130 e. The SMILES string of the molecule is COc1ccc(-c2cc(Cl)ccc2N)c(OC)c1. The number of halogens is 1. The van der Waals surface area contributed by atoms with Crippen molar-refractivity contribution in [3.05, 3.63) is 41.4 Å². The summed E-state index contributed by atoms with van der Waals surface area (Å²) in [6.45, 7) is 0. The monoisotopic (exact) mass is 263 g/mol. The predicted octanol–water partition coefficient (Wildman–Crippen LogP) is 3.61. The molecule has 3 nitrogen and oxygen atoms in total. The first kappa shape index (κ1) is 12.6. The third-order valence-electron chi connectivity index (χ3n) is 2.71. The van der Waals surface area contributed by atoms with Gasteiger partial charge in [-0.3, -0.25) is 0 Å². The highest BCUT2D eigenvalue weighted by Crippen LogP contribution is 2.37. The fraction of sp³-hybridized carbons (Fsp3) is 0.143. The third kappa shape index (κ3) is 2.36. The number of hydrogen-bond donors (Lipinski definition) is 1. The molecule has 0 spiro atoms. The average molecular weight is 264 g/mol. The van der Waals surface area contributed by atoms with E-state index in [4.69, 9.17) is 26.8 Å². The molecule has 0 unspecified atom stereocenters. The first-order valence-electron chi connectivity index (χ1n) is 5.43. The quantitative estimate of drug-likeness (QED) is 0.861. The zero-order chi connectivity index (χ0) is 13.1. The van der Waals surface area contributed by atoms with E-state index in [1.807, 2.05) is 24.3 Å². The van der Waals surface area contributed by atoms with Gasteiger partial charge >= 0.3 is 0 Å². The molecule has 2 aromatic rings. The minimum atomic E-state index is 0.636. The largest absolute Gasteiger partial charge is 0.497 e. The summed E-state index contributed by atoms with van der Waals surface area (Å²) in [7, 11) is 3.22. The first-order chi connectivity index (χ1) is 8.65. The Kier molecular flexibility index (Phi) is 3.63. The van der Waals surface area contributed by atoms with Crippen molar-refractivity contribution in [3.8, 4) is 22.6 Å². The van der Waals surface area contributed by atoms with Gasteiger partial charge in [-0.25, -0.2) is 0 Å². The van der Waals surface area contributed by atoms with E-state index in [0.29, 0.717) is 16.5 Å². The molecule has 0 aliphatic carbocycles. The van der Waals surface area contributed by atoms with Gasteiger partial charge in [0.1, 0.15) is 11.5 Å². The average Bonchev–Trinajstić information content (AvgIpc) is 2.41. The van der Waals surface area contributed by atoms with Crippen LogP contribution in [0.1, 0.15) is 0 Å². The lowest BCUT2D eigenvalue weighted by Crippen LogP contribution is -1.94.